The molecule has 13 heavy (non-hydrogen) atoms. The zero-order valence-electron chi connectivity index (χ0n) is 7.96. The minimum Gasteiger partial charge on any atom is -0.330 e. The highest BCUT2D eigenvalue weighted by Gasteiger charge is 2.06. The van der Waals surface area contributed by atoms with E-state index in [0.29, 0.717) is 6.54 Å². The molecule has 0 radical (unpaired) electrons. The van der Waals surface area contributed by atoms with Gasteiger partial charge in [-0.1, -0.05) is 0 Å². The molecule has 0 fully saturated rings. The Balaban J connectivity index is 2.52. The molecule has 2 aromatic rings. The van der Waals surface area contributed by atoms with Gasteiger partial charge >= 0.3 is 0 Å². The van der Waals surface area contributed by atoms with Gasteiger partial charge in [-0.25, -0.2) is 4.98 Å². The van der Waals surface area contributed by atoms with E-state index >= 15 is 0 Å². The summed E-state index contributed by atoms with van der Waals surface area (Å²) in [5.74, 6) is 0.915. The second kappa shape index (κ2) is 2.88. The van der Waals surface area contributed by atoms with Gasteiger partial charge in [-0.05, 0) is 20.4 Å². The van der Waals surface area contributed by atoms with Crippen molar-refractivity contribution in [1.82, 2.24) is 14.4 Å². The van der Waals surface area contributed by atoms with Crippen molar-refractivity contribution >= 4 is 5.78 Å². The second-order valence-electron chi connectivity index (χ2n) is 3.29. The number of nitrogens with two attached hydrogens (primary N) is 1. The summed E-state index contributed by atoms with van der Waals surface area (Å²) < 4.78 is 2.07. The average Bonchev–Trinajstić information content (AvgIpc) is 2.56. The Labute approximate surface area is 76.8 Å². The van der Waals surface area contributed by atoms with Gasteiger partial charge in [-0.15, -0.1) is 0 Å². The molecule has 0 bridgehead atoms. The van der Waals surface area contributed by atoms with E-state index in [9.17, 15) is 0 Å². The monoisotopic (exact) mass is 178 g/mol. The lowest BCUT2D eigenvalue weighted by atomic mass is 10.3. The highest BCUT2D eigenvalue weighted by molar-refractivity contribution is 5.37. The van der Waals surface area contributed by atoms with Crippen LogP contribution in [-0.2, 0) is 6.42 Å². The number of H-pyrrole nitrogens is 1. The molecule has 0 aliphatic rings. The minimum atomic E-state index is 0.668. The van der Waals surface area contributed by atoms with Gasteiger partial charge in [0.15, 0.2) is 0 Å². The number of fused-ring (bicyclic) bond motifs is 1. The van der Waals surface area contributed by atoms with Gasteiger partial charge in [0.25, 0.3) is 0 Å². The van der Waals surface area contributed by atoms with Crippen molar-refractivity contribution in [3.05, 3.63) is 23.3 Å². The van der Waals surface area contributed by atoms with E-state index < -0.39 is 0 Å². The number of nitrogens with zero attached hydrogens (tertiary/aromatic N) is 2. The number of aromatic nitrogens is 3. The maximum Gasteiger partial charge on any atom is 0.211 e. The Morgan fingerprint density at radius 1 is 1.54 bits per heavy atom. The normalized spacial score (nSPS) is 11.3. The lowest BCUT2D eigenvalue weighted by Gasteiger charge is -1.91. The molecule has 3 N–H and O–H groups in total. The lowest BCUT2D eigenvalue weighted by molar-refractivity contribution is 0.932. The summed E-state index contributed by atoms with van der Waals surface area (Å²) in [7, 11) is 0. The Hall–Kier alpha value is -1.29. The molecule has 2 heterocycles. The van der Waals surface area contributed by atoms with Crippen LogP contribution in [0.25, 0.3) is 5.78 Å². The summed E-state index contributed by atoms with van der Waals surface area (Å²) in [6.45, 7) is 4.75. The maximum absolute atomic E-state index is 5.47. The van der Waals surface area contributed by atoms with E-state index in [-0.39, 0.29) is 0 Å². The predicted octanol–water partition coefficient (Wildman–Crippen LogP) is 0.780. The third kappa shape index (κ3) is 1.23. The first-order chi connectivity index (χ1) is 6.22. The second-order valence-corrected chi connectivity index (χ2v) is 3.29. The van der Waals surface area contributed by atoms with E-state index in [4.69, 9.17) is 5.73 Å². The fraction of sp³-hybridized carbons (Fsp3) is 0.444. The first-order valence-corrected chi connectivity index (χ1v) is 4.45. The lowest BCUT2D eigenvalue weighted by Crippen LogP contribution is -2.02. The molecule has 0 saturated heterocycles. The number of hydrogen-bond acceptors (Lipinski definition) is 2. The maximum atomic E-state index is 5.47. The van der Waals surface area contributed by atoms with E-state index in [1.807, 2.05) is 6.92 Å². The Morgan fingerprint density at radius 2 is 2.31 bits per heavy atom. The first-order valence-electron chi connectivity index (χ1n) is 4.45. The molecular formula is C9H14N4. The van der Waals surface area contributed by atoms with E-state index in [0.717, 1.165) is 23.6 Å². The van der Waals surface area contributed by atoms with E-state index in [2.05, 4.69) is 27.5 Å². The van der Waals surface area contributed by atoms with Crippen molar-refractivity contribution in [1.29, 1.82) is 0 Å². The number of hydrogen-bond donors (Lipinski definition) is 2. The van der Waals surface area contributed by atoms with Crippen LogP contribution in [0.2, 0.25) is 0 Å². The Kier molecular flexibility index (Phi) is 1.84. The van der Waals surface area contributed by atoms with Crippen LogP contribution in [0, 0.1) is 13.8 Å². The standard InChI is InChI=1S/C9H14N4/c1-6-7(2)13-5-8(3-4-10)12-9(13)11-6/h5H,3-4,10H2,1-2H3,(H,11,12). The number of aryl methyl sites for hydroxylation is 2. The fourth-order valence-electron chi connectivity index (χ4n) is 1.49. The molecule has 0 spiro atoms. The minimum absolute atomic E-state index is 0.668. The number of imidazole rings is 2. The van der Waals surface area contributed by atoms with Crippen LogP contribution in [-0.4, -0.2) is 20.9 Å². The zero-order valence-corrected chi connectivity index (χ0v) is 7.96. The Bertz CT molecular complexity index is 424. The summed E-state index contributed by atoms with van der Waals surface area (Å²) in [5, 5.41) is 0. The highest BCUT2D eigenvalue weighted by atomic mass is 15.1. The molecule has 70 valence electrons. The van der Waals surface area contributed by atoms with Crippen molar-refractivity contribution in [2.45, 2.75) is 20.3 Å². The van der Waals surface area contributed by atoms with Crippen LogP contribution in [0.15, 0.2) is 6.20 Å². The number of rotatable bonds is 2. The van der Waals surface area contributed by atoms with Crippen LogP contribution >= 0.6 is 0 Å². The molecule has 4 heteroatoms. The fourth-order valence-corrected chi connectivity index (χ4v) is 1.49. The van der Waals surface area contributed by atoms with Crippen molar-refractivity contribution in [2.75, 3.05) is 6.54 Å². The predicted molar refractivity (Wildman–Crippen MR) is 51.8 cm³/mol. The molecule has 0 aliphatic carbocycles. The molecule has 0 atom stereocenters. The van der Waals surface area contributed by atoms with Gasteiger partial charge in [0.2, 0.25) is 5.78 Å². The number of nitrogens with one attached hydrogen (secondary N) is 1. The van der Waals surface area contributed by atoms with Gasteiger partial charge in [0, 0.05) is 24.0 Å². The third-order valence-corrected chi connectivity index (χ3v) is 2.36. The summed E-state index contributed by atoms with van der Waals surface area (Å²) in [5.41, 5.74) is 8.88. The molecule has 2 rings (SSSR count). The van der Waals surface area contributed by atoms with Crippen molar-refractivity contribution in [2.24, 2.45) is 5.73 Å². The topological polar surface area (TPSA) is 59.1 Å². The molecule has 0 unspecified atom stereocenters. The molecule has 0 amide bonds. The molecule has 0 aromatic carbocycles. The van der Waals surface area contributed by atoms with Crippen molar-refractivity contribution < 1.29 is 0 Å². The largest absolute Gasteiger partial charge is 0.330 e. The van der Waals surface area contributed by atoms with Crippen LogP contribution in [0.4, 0.5) is 0 Å². The molecule has 0 saturated carbocycles. The molecule has 2 aromatic heterocycles. The summed E-state index contributed by atoms with van der Waals surface area (Å²) >= 11 is 0. The van der Waals surface area contributed by atoms with Gasteiger partial charge in [-0.2, -0.15) is 0 Å². The van der Waals surface area contributed by atoms with E-state index in [1.54, 1.807) is 0 Å². The average molecular weight is 178 g/mol. The first kappa shape index (κ1) is 8.31. The van der Waals surface area contributed by atoms with Gasteiger partial charge in [0.05, 0.1) is 5.69 Å². The Morgan fingerprint density at radius 3 is 2.92 bits per heavy atom. The van der Waals surface area contributed by atoms with Crippen LogP contribution in [0.3, 0.4) is 0 Å². The van der Waals surface area contributed by atoms with Gasteiger partial charge in [0.1, 0.15) is 0 Å². The highest BCUT2D eigenvalue weighted by Crippen LogP contribution is 2.11. The third-order valence-electron chi connectivity index (χ3n) is 2.36. The SMILES string of the molecule is Cc1nc2[nH]c(CCN)cn2c1C. The molecule has 0 aliphatic heterocycles. The van der Waals surface area contributed by atoms with Crippen LogP contribution in [0.5, 0.6) is 0 Å². The number of aromatic amines is 1. The van der Waals surface area contributed by atoms with Crippen molar-refractivity contribution in [3.8, 4) is 0 Å². The summed E-state index contributed by atoms with van der Waals surface area (Å²) in [6.07, 6.45) is 2.94. The zero-order chi connectivity index (χ0) is 9.42. The van der Waals surface area contributed by atoms with E-state index in [1.165, 1.54) is 5.69 Å². The van der Waals surface area contributed by atoms with Crippen LogP contribution in [0.1, 0.15) is 17.1 Å². The summed E-state index contributed by atoms with van der Waals surface area (Å²) in [6, 6.07) is 0. The summed E-state index contributed by atoms with van der Waals surface area (Å²) in [4.78, 5) is 7.61. The quantitative estimate of drug-likeness (QED) is 0.714. The molecule has 4 nitrogen and oxygen atoms in total. The van der Waals surface area contributed by atoms with Gasteiger partial charge in [-0.3, -0.25) is 4.40 Å². The molecular weight excluding hydrogens is 164 g/mol. The van der Waals surface area contributed by atoms with Crippen LogP contribution < -0.4 is 5.73 Å². The van der Waals surface area contributed by atoms with Gasteiger partial charge < -0.3 is 10.7 Å². The smallest absolute Gasteiger partial charge is 0.211 e. The van der Waals surface area contributed by atoms with Crippen molar-refractivity contribution in [3.63, 3.8) is 0 Å².